The first-order valence-corrected chi connectivity index (χ1v) is 7.92. The summed E-state index contributed by atoms with van der Waals surface area (Å²) in [7, 11) is 3.12. The number of fused-ring (bicyclic) bond motifs is 1. The maximum atomic E-state index is 12.3. The van der Waals surface area contributed by atoms with Crippen LogP contribution >= 0.6 is 0 Å². The predicted molar refractivity (Wildman–Crippen MR) is 90.8 cm³/mol. The molecule has 1 aliphatic rings. The van der Waals surface area contributed by atoms with Crippen LogP contribution in [0.25, 0.3) is 0 Å². The summed E-state index contributed by atoms with van der Waals surface area (Å²) in [6, 6.07) is 10.4. The summed E-state index contributed by atoms with van der Waals surface area (Å²) in [4.78, 5) is 12.3. The predicted octanol–water partition coefficient (Wildman–Crippen LogP) is 2.61. The van der Waals surface area contributed by atoms with Crippen molar-refractivity contribution in [1.82, 2.24) is 0 Å². The van der Waals surface area contributed by atoms with E-state index in [0.29, 0.717) is 35.0 Å². The van der Waals surface area contributed by atoms with Gasteiger partial charge in [0.2, 0.25) is 12.5 Å². The molecule has 1 heterocycles. The van der Waals surface area contributed by atoms with Crippen molar-refractivity contribution in [2.24, 2.45) is 0 Å². The molecule has 0 fully saturated rings. The fourth-order valence-electron chi connectivity index (χ4n) is 2.75. The molecule has 0 radical (unpaired) electrons. The monoisotopic (exact) mass is 344 g/mol. The molecule has 0 aliphatic carbocycles. The minimum atomic E-state index is -0.806. The van der Waals surface area contributed by atoms with Gasteiger partial charge in [0.25, 0.3) is 0 Å². The summed E-state index contributed by atoms with van der Waals surface area (Å²) in [5.41, 5.74) is 1.36. The topological polar surface area (TPSA) is 74.2 Å². The van der Waals surface area contributed by atoms with E-state index in [1.165, 1.54) is 0 Å². The van der Waals surface area contributed by atoms with Crippen LogP contribution in [0.3, 0.4) is 0 Å². The van der Waals surface area contributed by atoms with E-state index in [1.54, 1.807) is 50.6 Å². The zero-order valence-corrected chi connectivity index (χ0v) is 14.2. The van der Waals surface area contributed by atoms with Gasteiger partial charge in [-0.3, -0.25) is 4.79 Å². The fraction of sp³-hybridized carbons (Fsp3) is 0.316. The molecule has 132 valence electrons. The highest BCUT2D eigenvalue weighted by molar-refractivity contribution is 5.96. The second-order valence-corrected chi connectivity index (χ2v) is 5.75. The second-order valence-electron chi connectivity index (χ2n) is 5.75. The van der Waals surface area contributed by atoms with Crippen molar-refractivity contribution in [3.05, 3.63) is 47.5 Å². The third-order valence-electron chi connectivity index (χ3n) is 4.02. The van der Waals surface area contributed by atoms with Crippen LogP contribution in [0.1, 0.15) is 22.3 Å². The third kappa shape index (κ3) is 3.85. The molecular weight excluding hydrogens is 324 g/mol. The molecule has 1 N–H and O–H groups in total. The van der Waals surface area contributed by atoms with Crippen LogP contribution in [0.4, 0.5) is 0 Å². The molecule has 0 saturated heterocycles. The fourth-order valence-corrected chi connectivity index (χ4v) is 2.75. The Morgan fingerprint density at radius 2 is 1.92 bits per heavy atom. The summed E-state index contributed by atoms with van der Waals surface area (Å²) in [5, 5.41) is 10.3. The highest BCUT2D eigenvalue weighted by Gasteiger charge is 2.21. The lowest BCUT2D eigenvalue weighted by Crippen LogP contribution is -2.16. The van der Waals surface area contributed by atoms with Crippen LogP contribution < -0.4 is 18.9 Å². The molecule has 2 aromatic carbocycles. The van der Waals surface area contributed by atoms with E-state index in [1.807, 2.05) is 0 Å². The molecule has 0 aromatic heterocycles. The molecule has 1 atom stereocenters. The van der Waals surface area contributed by atoms with E-state index in [2.05, 4.69) is 0 Å². The first kappa shape index (κ1) is 17.1. The van der Waals surface area contributed by atoms with Gasteiger partial charge in [0.15, 0.2) is 17.3 Å². The highest BCUT2D eigenvalue weighted by Crippen LogP contribution is 2.42. The van der Waals surface area contributed by atoms with Gasteiger partial charge in [0, 0.05) is 12.0 Å². The van der Waals surface area contributed by atoms with Crippen molar-refractivity contribution >= 4 is 5.78 Å². The lowest BCUT2D eigenvalue weighted by atomic mass is 9.99. The number of benzene rings is 2. The standard InChI is InChI=1S/C19H20O6/c1-22-15-5-3-13(4-6-15)16(21)10-14(20)7-12-8-17(23-2)19-18(9-12)24-11-25-19/h3-6,8-9,14,20H,7,10-11H2,1-2H3. The van der Waals surface area contributed by atoms with E-state index in [0.717, 1.165) is 5.56 Å². The van der Waals surface area contributed by atoms with Gasteiger partial charge in [-0.25, -0.2) is 0 Å². The second kappa shape index (κ2) is 7.44. The number of aliphatic hydroxyl groups is 1. The van der Waals surface area contributed by atoms with Crippen LogP contribution in [-0.4, -0.2) is 38.0 Å². The SMILES string of the molecule is COc1ccc(C(=O)CC(O)Cc2cc(OC)c3c(c2)OCO3)cc1. The molecule has 0 saturated carbocycles. The number of carbonyl (C=O) groups is 1. The summed E-state index contributed by atoms with van der Waals surface area (Å²) in [6.45, 7) is 0.146. The lowest BCUT2D eigenvalue weighted by Gasteiger charge is -2.12. The summed E-state index contributed by atoms with van der Waals surface area (Å²) in [6.07, 6.45) is -0.461. The molecule has 6 heteroatoms. The Hall–Kier alpha value is -2.73. The Morgan fingerprint density at radius 3 is 2.60 bits per heavy atom. The molecule has 0 spiro atoms. The van der Waals surface area contributed by atoms with Crippen molar-refractivity contribution in [1.29, 1.82) is 0 Å². The van der Waals surface area contributed by atoms with Crippen molar-refractivity contribution in [3.8, 4) is 23.0 Å². The summed E-state index contributed by atoms with van der Waals surface area (Å²) in [5.74, 6) is 2.27. The van der Waals surface area contributed by atoms with E-state index >= 15 is 0 Å². The molecular formula is C19H20O6. The Balaban J connectivity index is 1.66. The van der Waals surface area contributed by atoms with E-state index < -0.39 is 6.10 Å². The van der Waals surface area contributed by atoms with E-state index in [-0.39, 0.29) is 19.0 Å². The molecule has 0 bridgehead atoms. The van der Waals surface area contributed by atoms with Crippen LogP contribution in [0.15, 0.2) is 36.4 Å². The molecule has 1 unspecified atom stereocenters. The molecule has 25 heavy (non-hydrogen) atoms. The van der Waals surface area contributed by atoms with Crippen LogP contribution in [-0.2, 0) is 6.42 Å². The molecule has 1 aliphatic heterocycles. The number of hydrogen-bond acceptors (Lipinski definition) is 6. The number of ketones is 1. The van der Waals surface area contributed by atoms with E-state index in [9.17, 15) is 9.90 Å². The van der Waals surface area contributed by atoms with Crippen molar-refractivity contribution in [3.63, 3.8) is 0 Å². The Labute approximate surface area is 145 Å². The highest BCUT2D eigenvalue weighted by atomic mass is 16.7. The van der Waals surface area contributed by atoms with Gasteiger partial charge in [0.05, 0.1) is 20.3 Å². The smallest absolute Gasteiger partial charge is 0.231 e. The largest absolute Gasteiger partial charge is 0.497 e. The molecule has 3 rings (SSSR count). The van der Waals surface area contributed by atoms with Gasteiger partial charge in [-0.15, -0.1) is 0 Å². The van der Waals surface area contributed by atoms with Gasteiger partial charge < -0.3 is 24.1 Å². The quantitative estimate of drug-likeness (QED) is 0.778. The Morgan fingerprint density at radius 1 is 1.16 bits per heavy atom. The van der Waals surface area contributed by atoms with Gasteiger partial charge in [-0.2, -0.15) is 0 Å². The number of rotatable bonds is 7. The average Bonchev–Trinajstić information content (AvgIpc) is 3.09. The first-order valence-electron chi connectivity index (χ1n) is 7.92. The van der Waals surface area contributed by atoms with Crippen molar-refractivity contribution in [2.75, 3.05) is 21.0 Å². The summed E-state index contributed by atoms with van der Waals surface area (Å²) < 4.78 is 21.1. The van der Waals surface area contributed by atoms with Crippen LogP contribution in [0, 0.1) is 0 Å². The lowest BCUT2D eigenvalue weighted by molar-refractivity contribution is 0.0881. The Kier molecular flexibility index (Phi) is 5.09. The summed E-state index contributed by atoms with van der Waals surface area (Å²) >= 11 is 0. The van der Waals surface area contributed by atoms with Crippen molar-refractivity contribution < 1.29 is 28.8 Å². The number of aliphatic hydroxyl groups excluding tert-OH is 1. The number of carbonyl (C=O) groups excluding carboxylic acids is 1. The maximum Gasteiger partial charge on any atom is 0.231 e. The first-order chi connectivity index (χ1) is 12.1. The number of methoxy groups -OCH3 is 2. The van der Waals surface area contributed by atoms with Gasteiger partial charge in [-0.1, -0.05) is 0 Å². The Bertz CT molecular complexity index is 753. The normalized spacial score (nSPS) is 13.4. The van der Waals surface area contributed by atoms with E-state index in [4.69, 9.17) is 18.9 Å². The minimum Gasteiger partial charge on any atom is -0.497 e. The molecule has 0 amide bonds. The van der Waals surface area contributed by atoms with Crippen LogP contribution in [0.5, 0.6) is 23.0 Å². The van der Waals surface area contributed by atoms with Gasteiger partial charge in [0.1, 0.15) is 5.75 Å². The minimum absolute atomic E-state index is 0.0308. The average molecular weight is 344 g/mol. The zero-order chi connectivity index (χ0) is 17.8. The molecule has 6 nitrogen and oxygen atoms in total. The number of Topliss-reactive ketones (excluding diaryl/α,β-unsaturated/α-hetero) is 1. The third-order valence-corrected chi connectivity index (χ3v) is 4.02. The van der Waals surface area contributed by atoms with Crippen molar-refractivity contribution in [2.45, 2.75) is 18.9 Å². The maximum absolute atomic E-state index is 12.3. The van der Waals surface area contributed by atoms with Gasteiger partial charge >= 0.3 is 0 Å². The zero-order valence-electron chi connectivity index (χ0n) is 14.2. The van der Waals surface area contributed by atoms with Gasteiger partial charge in [-0.05, 0) is 48.4 Å². The van der Waals surface area contributed by atoms with Crippen LogP contribution in [0.2, 0.25) is 0 Å². The number of ether oxygens (including phenoxy) is 4. The number of hydrogen-bond donors (Lipinski definition) is 1. The molecule has 2 aromatic rings.